The van der Waals surface area contributed by atoms with Crippen LogP contribution in [0.2, 0.25) is 0 Å². The zero-order chi connectivity index (χ0) is 14.2. The lowest BCUT2D eigenvalue weighted by Crippen LogP contribution is -2.31. The number of aryl methyl sites for hydroxylation is 1. The minimum Gasteiger partial charge on any atom is -0.408 e. The number of rotatable bonds is 4. The van der Waals surface area contributed by atoms with E-state index in [0.29, 0.717) is 5.52 Å². The molecule has 1 aromatic carbocycles. The van der Waals surface area contributed by atoms with Crippen molar-refractivity contribution in [3.05, 3.63) is 28.7 Å². The Morgan fingerprint density at radius 2 is 2.11 bits per heavy atom. The minimum atomic E-state index is -3.61. The van der Waals surface area contributed by atoms with Gasteiger partial charge in [0.2, 0.25) is 10.0 Å². The van der Waals surface area contributed by atoms with Gasteiger partial charge in [0.05, 0.1) is 10.4 Å². The molecule has 0 aliphatic heterocycles. The number of hydrogen-bond acceptors (Lipinski definition) is 5. The molecule has 2 aromatic rings. The highest BCUT2D eigenvalue weighted by Gasteiger charge is 2.21. The van der Waals surface area contributed by atoms with Gasteiger partial charge in [-0.25, -0.2) is 13.2 Å². The first kappa shape index (κ1) is 13.8. The molecule has 0 radical (unpaired) electrons. The highest BCUT2D eigenvalue weighted by atomic mass is 32.2. The summed E-state index contributed by atoms with van der Waals surface area (Å²) in [6, 6.07) is 4.34. The summed E-state index contributed by atoms with van der Waals surface area (Å²) in [6.45, 7) is 0.456. The van der Waals surface area contributed by atoms with E-state index in [1.165, 1.54) is 23.7 Å². The molecule has 0 spiro atoms. The topological polar surface area (TPSA) is 98.5 Å². The van der Waals surface area contributed by atoms with Crippen LogP contribution in [0.1, 0.15) is 0 Å². The number of benzene rings is 1. The summed E-state index contributed by atoms with van der Waals surface area (Å²) in [4.78, 5) is 11.4. The molecule has 104 valence electrons. The van der Waals surface area contributed by atoms with Gasteiger partial charge in [0.25, 0.3) is 0 Å². The number of nitrogens with zero attached hydrogens (tertiary/aromatic N) is 2. The molecule has 0 aliphatic rings. The van der Waals surface area contributed by atoms with Crippen molar-refractivity contribution in [2.45, 2.75) is 4.90 Å². The fourth-order valence-electron chi connectivity index (χ4n) is 1.76. The number of aromatic nitrogens is 1. The number of sulfonamides is 1. The van der Waals surface area contributed by atoms with Crippen LogP contribution in [0.4, 0.5) is 0 Å². The highest BCUT2D eigenvalue weighted by Crippen LogP contribution is 2.20. The molecule has 0 atom stereocenters. The van der Waals surface area contributed by atoms with Crippen LogP contribution in [0.3, 0.4) is 0 Å². The van der Waals surface area contributed by atoms with Crippen molar-refractivity contribution >= 4 is 21.1 Å². The van der Waals surface area contributed by atoms with Crippen molar-refractivity contribution < 1.29 is 12.8 Å². The summed E-state index contributed by atoms with van der Waals surface area (Å²) in [5.74, 6) is -0.528. The minimum absolute atomic E-state index is 0.0744. The van der Waals surface area contributed by atoms with Crippen molar-refractivity contribution in [2.75, 3.05) is 20.1 Å². The fraction of sp³-hybridized carbons (Fsp3) is 0.364. The van der Waals surface area contributed by atoms with Gasteiger partial charge in [-0.05, 0) is 12.1 Å². The van der Waals surface area contributed by atoms with Crippen LogP contribution >= 0.6 is 0 Å². The first-order chi connectivity index (χ1) is 8.87. The van der Waals surface area contributed by atoms with Crippen molar-refractivity contribution in [1.82, 2.24) is 8.87 Å². The van der Waals surface area contributed by atoms with Crippen LogP contribution in [-0.4, -0.2) is 37.4 Å². The van der Waals surface area contributed by atoms with Crippen molar-refractivity contribution in [3.8, 4) is 0 Å². The average molecular weight is 285 g/mol. The maximum Gasteiger partial charge on any atom is 0.419 e. The lowest BCUT2D eigenvalue weighted by molar-refractivity contribution is 0.476. The fourth-order valence-corrected chi connectivity index (χ4v) is 2.96. The molecule has 7 nitrogen and oxygen atoms in total. The Kier molecular flexibility index (Phi) is 3.48. The van der Waals surface area contributed by atoms with Gasteiger partial charge in [-0.3, -0.25) is 4.57 Å². The normalized spacial score (nSPS) is 12.4. The molecular formula is C11H15N3O4S. The standard InChI is InChI=1S/C11H15N3O4S/c1-13(6-5-12)19(16,17)8-3-4-9-10(7-8)18-11(15)14(9)2/h3-4,7H,5-6,12H2,1-2H3. The molecule has 0 saturated heterocycles. The molecule has 0 bridgehead atoms. The Bertz CT molecular complexity index is 760. The molecule has 1 aromatic heterocycles. The predicted molar refractivity (Wildman–Crippen MR) is 70.3 cm³/mol. The SMILES string of the molecule is CN(CCN)S(=O)(=O)c1ccc2c(c1)oc(=O)n2C. The molecule has 8 heteroatoms. The summed E-state index contributed by atoms with van der Waals surface area (Å²) in [7, 11) is -0.604. The van der Waals surface area contributed by atoms with Crippen LogP contribution in [0, 0.1) is 0 Å². The zero-order valence-corrected chi connectivity index (χ0v) is 11.5. The monoisotopic (exact) mass is 285 g/mol. The second kappa shape index (κ2) is 4.80. The van der Waals surface area contributed by atoms with Gasteiger partial charge >= 0.3 is 5.76 Å². The smallest absolute Gasteiger partial charge is 0.408 e. The molecule has 1 heterocycles. The van der Waals surface area contributed by atoms with Crippen LogP contribution in [0.15, 0.2) is 32.3 Å². The Labute approximate surface area is 110 Å². The lowest BCUT2D eigenvalue weighted by Gasteiger charge is -2.15. The third-order valence-electron chi connectivity index (χ3n) is 2.92. The van der Waals surface area contributed by atoms with E-state index < -0.39 is 15.8 Å². The largest absolute Gasteiger partial charge is 0.419 e. The Hall–Kier alpha value is -1.64. The van der Waals surface area contributed by atoms with Gasteiger partial charge in [0.15, 0.2) is 5.58 Å². The summed E-state index contributed by atoms with van der Waals surface area (Å²) in [5.41, 5.74) is 6.14. The highest BCUT2D eigenvalue weighted by molar-refractivity contribution is 7.89. The Morgan fingerprint density at radius 3 is 2.74 bits per heavy atom. The maximum absolute atomic E-state index is 12.2. The first-order valence-corrected chi connectivity index (χ1v) is 7.08. The van der Waals surface area contributed by atoms with E-state index in [9.17, 15) is 13.2 Å². The van der Waals surface area contributed by atoms with E-state index in [0.717, 1.165) is 4.31 Å². The molecule has 0 fully saturated rings. The van der Waals surface area contributed by atoms with E-state index in [-0.39, 0.29) is 23.6 Å². The molecule has 0 saturated carbocycles. The number of nitrogens with two attached hydrogens (primary N) is 1. The number of hydrogen-bond donors (Lipinski definition) is 1. The van der Waals surface area contributed by atoms with Crippen molar-refractivity contribution in [3.63, 3.8) is 0 Å². The Balaban J connectivity index is 2.55. The molecule has 0 unspecified atom stereocenters. The second-order valence-electron chi connectivity index (χ2n) is 4.17. The third-order valence-corrected chi connectivity index (χ3v) is 4.77. The van der Waals surface area contributed by atoms with Gasteiger partial charge in [-0.2, -0.15) is 4.31 Å². The Morgan fingerprint density at radius 1 is 1.42 bits per heavy atom. The van der Waals surface area contributed by atoms with E-state index in [2.05, 4.69) is 0 Å². The van der Waals surface area contributed by atoms with Crippen molar-refractivity contribution in [2.24, 2.45) is 12.8 Å². The molecule has 2 rings (SSSR count). The summed E-state index contributed by atoms with van der Waals surface area (Å²) in [6.07, 6.45) is 0. The van der Waals surface area contributed by atoms with Gasteiger partial charge in [-0.1, -0.05) is 0 Å². The van der Waals surface area contributed by atoms with E-state index in [1.807, 2.05) is 0 Å². The number of fused-ring (bicyclic) bond motifs is 1. The molecule has 2 N–H and O–H groups in total. The van der Waals surface area contributed by atoms with Gasteiger partial charge in [0.1, 0.15) is 0 Å². The van der Waals surface area contributed by atoms with Crippen LogP contribution < -0.4 is 11.5 Å². The average Bonchev–Trinajstić information content (AvgIpc) is 2.65. The van der Waals surface area contributed by atoms with Gasteiger partial charge < -0.3 is 10.2 Å². The maximum atomic E-state index is 12.2. The molecule has 0 amide bonds. The van der Waals surface area contributed by atoms with E-state index in [1.54, 1.807) is 13.1 Å². The molecule has 19 heavy (non-hydrogen) atoms. The van der Waals surface area contributed by atoms with Crippen molar-refractivity contribution in [1.29, 1.82) is 0 Å². The van der Waals surface area contributed by atoms with Crippen LogP contribution in [-0.2, 0) is 17.1 Å². The molecule has 0 aliphatic carbocycles. The van der Waals surface area contributed by atoms with Crippen LogP contribution in [0.5, 0.6) is 0 Å². The zero-order valence-electron chi connectivity index (χ0n) is 10.7. The first-order valence-electron chi connectivity index (χ1n) is 5.64. The van der Waals surface area contributed by atoms with E-state index in [4.69, 9.17) is 10.2 Å². The molecular weight excluding hydrogens is 270 g/mol. The summed E-state index contributed by atoms with van der Waals surface area (Å²) < 4.78 is 31.9. The summed E-state index contributed by atoms with van der Waals surface area (Å²) >= 11 is 0. The third kappa shape index (κ3) is 2.29. The van der Waals surface area contributed by atoms with Gasteiger partial charge in [0, 0.05) is 33.3 Å². The number of oxazole rings is 1. The van der Waals surface area contributed by atoms with Crippen LogP contribution in [0.25, 0.3) is 11.1 Å². The number of likely N-dealkylation sites (N-methyl/N-ethyl adjacent to an activating group) is 1. The summed E-state index contributed by atoms with van der Waals surface area (Å²) in [5, 5.41) is 0. The predicted octanol–water partition coefficient (Wildman–Crippen LogP) is -0.289. The van der Waals surface area contributed by atoms with E-state index >= 15 is 0 Å². The second-order valence-corrected chi connectivity index (χ2v) is 6.22. The van der Waals surface area contributed by atoms with Gasteiger partial charge in [-0.15, -0.1) is 0 Å². The quantitative estimate of drug-likeness (QED) is 0.832. The lowest BCUT2D eigenvalue weighted by atomic mass is 10.3.